The molecule has 0 aliphatic carbocycles. The highest BCUT2D eigenvalue weighted by atomic mass is 32.1. The maximum Gasteiger partial charge on any atom is -0.0000775 e. The van der Waals surface area contributed by atoms with Crippen LogP contribution in [0.1, 0.15) is 0 Å². The van der Waals surface area contributed by atoms with E-state index in [0.29, 0.717) is 0 Å². The maximum absolute atomic E-state index is 4.77. The highest BCUT2D eigenvalue weighted by molar-refractivity contribution is 7.83. The summed E-state index contributed by atoms with van der Waals surface area (Å²) >= 11 is 3.61. The molecule has 0 spiro atoms. The standard InChI is InChI=1S/C2H5NS/c3-1-2-4/h1-2,4H,3H2/b2-1+. The van der Waals surface area contributed by atoms with Crippen LogP contribution in [0, 0.1) is 0 Å². The highest BCUT2D eigenvalue weighted by Crippen LogP contribution is 1.63. The fourth-order valence-electron chi connectivity index (χ4n) is 0. The second-order valence-electron chi connectivity index (χ2n) is 0.342. The van der Waals surface area contributed by atoms with E-state index in [9.17, 15) is 0 Å². The molecule has 2 N–H and O–H groups in total. The Hall–Kier alpha value is -0.110. The smallest absolute Gasteiger partial charge is 0.0000775 e. The lowest BCUT2D eigenvalue weighted by atomic mass is 11.1. The van der Waals surface area contributed by atoms with E-state index < -0.39 is 0 Å². The third-order valence-electron chi connectivity index (χ3n) is 0.0861. The van der Waals surface area contributed by atoms with Gasteiger partial charge in [-0.3, -0.25) is 0 Å². The zero-order chi connectivity index (χ0) is 3.41. The Morgan fingerprint density at radius 1 is 1.75 bits per heavy atom. The second-order valence-corrected chi connectivity index (χ2v) is 0.640. The van der Waals surface area contributed by atoms with Crippen molar-refractivity contribution in [1.82, 2.24) is 0 Å². The molecule has 0 rings (SSSR count). The van der Waals surface area contributed by atoms with Crippen molar-refractivity contribution >= 4 is 12.6 Å². The number of hydrogen-bond donors (Lipinski definition) is 2. The van der Waals surface area contributed by atoms with E-state index >= 15 is 0 Å². The first kappa shape index (κ1) is 3.89. The predicted octanol–water partition coefficient (Wildman–Crippen LogP) is 0.346. The summed E-state index contributed by atoms with van der Waals surface area (Å²) in [4.78, 5) is 0. The lowest BCUT2D eigenvalue weighted by Gasteiger charge is -1.53. The Kier molecular flexibility index (Phi) is 2.81. The Bertz CT molecular complexity index is 21.2. The van der Waals surface area contributed by atoms with Gasteiger partial charge in [-0.1, -0.05) is 0 Å². The molecular formula is C2H5NS. The average molecular weight is 75.1 g/mol. The van der Waals surface area contributed by atoms with Gasteiger partial charge in [-0.25, -0.2) is 0 Å². The number of nitrogens with two attached hydrogens (primary N) is 1. The molecule has 0 aromatic heterocycles. The van der Waals surface area contributed by atoms with Crippen LogP contribution >= 0.6 is 12.6 Å². The van der Waals surface area contributed by atoms with Crippen LogP contribution in [0.3, 0.4) is 0 Å². The van der Waals surface area contributed by atoms with Crippen molar-refractivity contribution in [3.63, 3.8) is 0 Å². The third-order valence-corrected chi connectivity index (χ3v) is 0.258. The second kappa shape index (κ2) is 2.89. The molecule has 0 fully saturated rings. The van der Waals surface area contributed by atoms with Crippen molar-refractivity contribution in [3.05, 3.63) is 11.6 Å². The van der Waals surface area contributed by atoms with Crippen LogP contribution in [-0.2, 0) is 0 Å². The summed E-state index contributed by atoms with van der Waals surface area (Å²) in [5.41, 5.74) is 4.77. The largest absolute Gasteiger partial charge is 0.404 e. The molecule has 0 aliphatic heterocycles. The van der Waals surface area contributed by atoms with E-state index in [0.717, 1.165) is 0 Å². The molecule has 24 valence electrons. The van der Waals surface area contributed by atoms with Crippen LogP contribution in [0.25, 0.3) is 0 Å². The Labute approximate surface area is 30.9 Å². The number of rotatable bonds is 0. The fourth-order valence-corrected chi connectivity index (χ4v) is 0. The van der Waals surface area contributed by atoms with Crippen LogP contribution in [0.15, 0.2) is 11.6 Å². The first-order valence-corrected chi connectivity index (χ1v) is 1.44. The normalized spacial score (nSPS) is 9.25. The van der Waals surface area contributed by atoms with Crippen LogP contribution in [0.5, 0.6) is 0 Å². The van der Waals surface area contributed by atoms with Gasteiger partial charge in [0.15, 0.2) is 0 Å². The highest BCUT2D eigenvalue weighted by Gasteiger charge is 1.33. The molecule has 2 heteroatoms. The Balaban J connectivity index is 2.55. The molecule has 0 unspecified atom stereocenters. The van der Waals surface area contributed by atoms with Gasteiger partial charge >= 0.3 is 0 Å². The molecular weight excluding hydrogens is 70.1 g/mol. The molecule has 0 saturated carbocycles. The fraction of sp³-hybridized carbons (Fsp3) is 0. The van der Waals surface area contributed by atoms with Crippen molar-refractivity contribution in [2.24, 2.45) is 5.73 Å². The summed E-state index contributed by atoms with van der Waals surface area (Å²) in [7, 11) is 0. The van der Waals surface area contributed by atoms with Crippen molar-refractivity contribution in [2.75, 3.05) is 0 Å². The summed E-state index contributed by atoms with van der Waals surface area (Å²) in [6, 6.07) is 0. The summed E-state index contributed by atoms with van der Waals surface area (Å²) in [6.07, 6.45) is 1.36. The first-order valence-electron chi connectivity index (χ1n) is 0.925. The Morgan fingerprint density at radius 2 is 2.00 bits per heavy atom. The van der Waals surface area contributed by atoms with Crippen molar-refractivity contribution < 1.29 is 0 Å². The third kappa shape index (κ3) is 1.89. The van der Waals surface area contributed by atoms with Crippen LogP contribution in [-0.4, -0.2) is 0 Å². The van der Waals surface area contributed by atoms with Crippen molar-refractivity contribution in [2.45, 2.75) is 0 Å². The molecule has 1 nitrogen and oxygen atoms in total. The molecule has 0 aromatic carbocycles. The van der Waals surface area contributed by atoms with Gasteiger partial charge in [0.05, 0.1) is 0 Å². The monoisotopic (exact) mass is 75.0 g/mol. The molecule has 4 heavy (non-hydrogen) atoms. The predicted molar refractivity (Wildman–Crippen MR) is 22.3 cm³/mol. The first-order chi connectivity index (χ1) is 1.91. The zero-order valence-electron chi connectivity index (χ0n) is 2.18. The van der Waals surface area contributed by atoms with E-state index in [1.807, 2.05) is 0 Å². The van der Waals surface area contributed by atoms with Crippen LogP contribution in [0.4, 0.5) is 0 Å². The van der Waals surface area contributed by atoms with Crippen molar-refractivity contribution in [3.8, 4) is 0 Å². The van der Waals surface area contributed by atoms with Gasteiger partial charge in [-0.15, -0.1) is 12.6 Å². The summed E-state index contributed by atoms with van der Waals surface area (Å²) in [5, 5.41) is 1.47. The van der Waals surface area contributed by atoms with E-state index in [-0.39, 0.29) is 0 Å². The molecule has 0 atom stereocenters. The van der Waals surface area contributed by atoms with Crippen LogP contribution < -0.4 is 5.73 Å². The summed E-state index contributed by atoms with van der Waals surface area (Å²) < 4.78 is 0. The van der Waals surface area contributed by atoms with Gasteiger partial charge in [0.25, 0.3) is 0 Å². The SMILES string of the molecule is N/C=C/S. The van der Waals surface area contributed by atoms with E-state index in [1.165, 1.54) is 11.6 Å². The van der Waals surface area contributed by atoms with Gasteiger partial charge in [-0.05, 0) is 11.6 Å². The van der Waals surface area contributed by atoms with Gasteiger partial charge in [-0.2, -0.15) is 0 Å². The summed E-state index contributed by atoms with van der Waals surface area (Å²) in [6.45, 7) is 0. The quantitative estimate of drug-likeness (QED) is 0.399. The van der Waals surface area contributed by atoms with Gasteiger partial charge in [0.1, 0.15) is 0 Å². The minimum Gasteiger partial charge on any atom is -0.404 e. The molecule has 0 saturated heterocycles. The topological polar surface area (TPSA) is 26.0 Å². The molecule has 0 heterocycles. The molecule has 0 aromatic rings. The zero-order valence-corrected chi connectivity index (χ0v) is 3.07. The van der Waals surface area contributed by atoms with E-state index in [2.05, 4.69) is 12.6 Å². The van der Waals surface area contributed by atoms with E-state index in [1.54, 1.807) is 0 Å². The molecule has 0 bridgehead atoms. The maximum atomic E-state index is 4.77. The Morgan fingerprint density at radius 3 is 2.00 bits per heavy atom. The molecule has 0 amide bonds. The number of thiol groups is 1. The number of hydrogen-bond acceptors (Lipinski definition) is 2. The molecule has 0 aliphatic rings. The minimum absolute atomic E-state index is 1.36. The molecule has 0 radical (unpaired) electrons. The van der Waals surface area contributed by atoms with Crippen molar-refractivity contribution in [1.29, 1.82) is 0 Å². The lowest BCUT2D eigenvalue weighted by Crippen LogP contribution is -1.69. The lowest BCUT2D eigenvalue weighted by molar-refractivity contribution is 1.63. The van der Waals surface area contributed by atoms with Gasteiger partial charge in [0.2, 0.25) is 0 Å². The van der Waals surface area contributed by atoms with Gasteiger partial charge < -0.3 is 5.73 Å². The van der Waals surface area contributed by atoms with E-state index in [4.69, 9.17) is 5.73 Å². The minimum atomic E-state index is 1.36. The van der Waals surface area contributed by atoms with Gasteiger partial charge in [0, 0.05) is 0 Å². The van der Waals surface area contributed by atoms with Crippen LogP contribution in [0.2, 0.25) is 0 Å². The average Bonchev–Trinajstić information content (AvgIpc) is 1.37. The summed E-state index contributed by atoms with van der Waals surface area (Å²) in [5.74, 6) is 0.